The van der Waals surface area contributed by atoms with Gasteiger partial charge in [0.25, 0.3) is 0 Å². The molecule has 1 aliphatic rings. The molecule has 5 rings (SSSR count). The van der Waals surface area contributed by atoms with Crippen LogP contribution < -0.4 is 0 Å². The van der Waals surface area contributed by atoms with Gasteiger partial charge in [-0.3, -0.25) is 9.97 Å². The van der Waals surface area contributed by atoms with Crippen LogP contribution in [0.5, 0.6) is 0 Å². The van der Waals surface area contributed by atoms with Crippen molar-refractivity contribution in [1.29, 1.82) is 0 Å². The minimum absolute atomic E-state index is 0. The largest absolute Gasteiger partial charge is 2.00 e. The molecule has 0 saturated heterocycles. The van der Waals surface area contributed by atoms with Gasteiger partial charge < -0.3 is 0 Å². The molecule has 5 heteroatoms. The SMILES string of the molecule is CC1(C)c2[c-]c(ccc2)-c2ccnc(n2)C(C)(C)c2nccc(n2)-c2[c-]c1ccc2.[Pt+2]. The van der Waals surface area contributed by atoms with Gasteiger partial charge in [0.15, 0.2) is 0 Å². The molecule has 156 valence electrons. The fraction of sp³-hybridized carbons (Fsp3) is 0.231. The summed E-state index contributed by atoms with van der Waals surface area (Å²) in [7, 11) is 0. The van der Waals surface area contributed by atoms with Crippen LogP contribution in [0.3, 0.4) is 0 Å². The molecule has 31 heavy (non-hydrogen) atoms. The minimum atomic E-state index is -0.551. The van der Waals surface area contributed by atoms with Gasteiger partial charge in [0.1, 0.15) is 11.6 Å². The molecule has 0 saturated carbocycles. The first kappa shape index (κ1) is 21.5. The average Bonchev–Trinajstić information content (AvgIpc) is 2.79. The van der Waals surface area contributed by atoms with Gasteiger partial charge in [-0.25, -0.2) is 9.97 Å². The molecule has 4 aromatic rings. The molecule has 8 bridgehead atoms. The van der Waals surface area contributed by atoms with Gasteiger partial charge in [0, 0.05) is 12.4 Å². The van der Waals surface area contributed by atoms with Crippen molar-refractivity contribution in [3.8, 4) is 22.5 Å². The molecule has 3 heterocycles. The van der Waals surface area contributed by atoms with Crippen molar-refractivity contribution in [2.45, 2.75) is 38.5 Å². The second-order valence-electron chi connectivity index (χ2n) is 8.74. The molecule has 1 aliphatic heterocycles. The molecular formula is C26H22N4Pt. The normalized spacial score (nSPS) is 15.4. The topological polar surface area (TPSA) is 51.6 Å². The Morgan fingerprint density at radius 1 is 0.613 bits per heavy atom. The zero-order valence-corrected chi connectivity index (χ0v) is 20.2. The smallest absolute Gasteiger partial charge is 0.282 e. The monoisotopic (exact) mass is 585 g/mol. The predicted molar refractivity (Wildman–Crippen MR) is 117 cm³/mol. The van der Waals surface area contributed by atoms with Crippen LogP contribution in [-0.2, 0) is 31.9 Å². The quantitative estimate of drug-likeness (QED) is 0.268. The van der Waals surface area contributed by atoms with E-state index in [-0.39, 0.29) is 26.5 Å². The van der Waals surface area contributed by atoms with Gasteiger partial charge in [0.2, 0.25) is 0 Å². The van der Waals surface area contributed by atoms with Crippen LogP contribution >= 0.6 is 0 Å². The summed E-state index contributed by atoms with van der Waals surface area (Å²) in [5.41, 5.74) is 4.94. The van der Waals surface area contributed by atoms with Crippen LogP contribution in [0.2, 0.25) is 0 Å². The number of hydrogen-bond donors (Lipinski definition) is 0. The molecule has 0 unspecified atom stereocenters. The third-order valence-electron chi connectivity index (χ3n) is 5.92. The summed E-state index contributed by atoms with van der Waals surface area (Å²) in [6.07, 6.45) is 3.61. The van der Waals surface area contributed by atoms with Gasteiger partial charge in [-0.1, -0.05) is 26.0 Å². The van der Waals surface area contributed by atoms with Crippen LogP contribution in [0, 0.1) is 12.1 Å². The van der Waals surface area contributed by atoms with Crippen molar-refractivity contribution in [3.05, 3.63) is 95.8 Å². The Bertz CT molecular complexity index is 1070. The summed E-state index contributed by atoms with van der Waals surface area (Å²) in [5.74, 6) is 1.37. The first-order valence-electron chi connectivity index (χ1n) is 10.1. The molecule has 4 nitrogen and oxygen atoms in total. The standard InChI is InChI=1S/C26H22N4.Pt/c1-25(2)19-9-5-7-17(15-19)21-11-13-27-23(29-21)26(3,4)24-28-14-12-22(30-24)18-8-6-10-20(25)16-18;/h5-14H,1-4H3;/q-2;+2. The van der Waals surface area contributed by atoms with Gasteiger partial charge in [-0.2, -0.15) is 0 Å². The van der Waals surface area contributed by atoms with Crippen LogP contribution in [0.25, 0.3) is 22.5 Å². The van der Waals surface area contributed by atoms with Crippen LogP contribution in [-0.4, -0.2) is 19.9 Å². The number of nitrogens with zero attached hydrogens (tertiary/aromatic N) is 4. The van der Waals surface area contributed by atoms with Gasteiger partial charge in [-0.05, 0) is 30.7 Å². The number of fused-ring (bicyclic) bond motifs is 10. The van der Waals surface area contributed by atoms with E-state index in [0.717, 1.165) is 33.6 Å². The van der Waals surface area contributed by atoms with E-state index in [2.05, 4.69) is 74.1 Å². The number of aromatic nitrogens is 4. The summed E-state index contributed by atoms with van der Waals surface area (Å²) in [4.78, 5) is 18.9. The third kappa shape index (κ3) is 3.63. The maximum Gasteiger partial charge on any atom is 2.00 e. The fourth-order valence-electron chi connectivity index (χ4n) is 3.83. The van der Waals surface area contributed by atoms with E-state index >= 15 is 0 Å². The molecule has 0 N–H and O–H groups in total. The molecule has 0 aliphatic carbocycles. The molecule has 0 spiro atoms. The van der Waals surface area contributed by atoms with Gasteiger partial charge in [0.05, 0.1) is 5.41 Å². The summed E-state index contributed by atoms with van der Waals surface area (Å²) in [6.45, 7) is 8.51. The van der Waals surface area contributed by atoms with E-state index in [4.69, 9.17) is 9.97 Å². The van der Waals surface area contributed by atoms with Crippen molar-refractivity contribution in [2.75, 3.05) is 0 Å². The minimum Gasteiger partial charge on any atom is -0.282 e. The maximum atomic E-state index is 4.89. The van der Waals surface area contributed by atoms with Gasteiger partial charge in [-0.15, -0.1) is 70.8 Å². The first-order valence-corrected chi connectivity index (χ1v) is 10.1. The Morgan fingerprint density at radius 2 is 1.06 bits per heavy atom. The molecule has 2 aromatic heterocycles. The van der Waals surface area contributed by atoms with Gasteiger partial charge >= 0.3 is 21.1 Å². The third-order valence-corrected chi connectivity index (χ3v) is 5.92. The van der Waals surface area contributed by atoms with Crippen molar-refractivity contribution in [1.82, 2.24) is 19.9 Å². The Labute approximate surface area is 197 Å². The Morgan fingerprint density at radius 3 is 1.52 bits per heavy atom. The zero-order valence-electron chi connectivity index (χ0n) is 17.9. The second-order valence-corrected chi connectivity index (χ2v) is 8.74. The van der Waals surface area contributed by atoms with Crippen LogP contribution in [0.4, 0.5) is 0 Å². The Kier molecular flexibility index (Phi) is 5.39. The predicted octanol–water partition coefficient (Wildman–Crippen LogP) is 5.16. The van der Waals surface area contributed by atoms with E-state index in [1.165, 1.54) is 0 Å². The summed E-state index contributed by atoms with van der Waals surface area (Å²) < 4.78 is 0. The molecule has 0 radical (unpaired) electrons. The van der Waals surface area contributed by atoms with E-state index in [1.54, 1.807) is 12.4 Å². The molecule has 2 aromatic carbocycles. The molecule has 0 fully saturated rings. The fourth-order valence-corrected chi connectivity index (χ4v) is 3.83. The van der Waals surface area contributed by atoms with E-state index in [9.17, 15) is 0 Å². The average molecular weight is 586 g/mol. The van der Waals surface area contributed by atoms with E-state index in [1.807, 2.05) is 24.3 Å². The number of hydrogen-bond acceptors (Lipinski definition) is 4. The zero-order chi connectivity index (χ0) is 20.9. The summed E-state index contributed by atoms with van der Waals surface area (Å²) in [6, 6.07) is 23.5. The van der Waals surface area contributed by atoms with E-state index < -0.39 is 5.41 Å². The molecule has 0 atom stereocenters. The molecule has 0 amide bonds. The molecular weight excluding hydrogens is 563 g/mol. The maximum absolute atomic E-state index is 4.89. The van der Waals surface area contributed by atoms with Crippen LogP contribution in [0.1, 0.15) is 50.5 Å². The Hall–Kier alpha value is -2.71. The summed E-state index contributed by atoms with van der Waals surface area (Å²) >= 11 is 0. The van der Waals surface area contributed by atoms with Crippen molar-refractivity contribution in [2.24, 2.45) is 0 Å². The van der Waals surface area contributed by atoms with Crippen molar-refractivity contribution < 1.29 is 21.1 Å². The number of rotatable bonds is 0. The van der Waals surface area contributed by atoms with Crippen molar-refractivity contribution in [3.63, 3.8) is 0 Å². The number of benzene rings is 2. The van der Waals surface area contributed by atoms with E-state index in [0.29, 0.717) is 11.6 Å². The first-order chi connectivity index (χ1) is 14.4. The summed E-state index contributed by atoms with van der Waals surface area (Å²) in [5, 5.41) is 0. The second kappa shape index (κ2) is 7.76. The Balaban J connectivity index is 0.00000231. The van der Waals surface area contributed by atoms with Crippen LogP contribution in [0.15, 0.2) is 60.9 Å². The van der Waals surface area contributed by atoms with Crippen molar-refractivity contribution >= 4 is 0 Å².